The summed E-state index contributed by atoms with van der Waals surface area (Å²) in [5.41, 5.74) is 1.50. The Morgan fingerprint density at radius 2 is 2.00 bits per heavy atom. The summed E-state index contributed by atoms with van der Waals surface area (Å²) in [5.74, 6) is 0.277. The summed E-state index contributed by atoms with van der Waals surface area (Å²) in [6.45, 7) is 8.10. The predicted octanol–water partition coefficient (Wildman–Crippen LogP) is 2.38. The van der Waals surface area contributed by atoms with Gasteiger partial charge in [-0.05, 0) is 31.4 Å². The number of aromatic nitrogens is 1. The summed E-state index contributed by atoms with van der Waals surface area (Å²) in [6, 6.07) is 9.89. The Kier molecular flexibility index (Phi) is 4.90. The van der Waals surface area contributed by atoms with E-state index < -0.39 is 10.0 Å². The Morgan fingerprint density at radius 1 is 1.25 bits per heavy atom. The van der Waals surface area contributed by atoms with Crippen LogP contribution in [-0.4, -0.2) is 43.5 Å². The largest absolute Gasteiger partial charge is 0.299 e. The topological polar surface area (TPSA) is 62.3 Å². The number of nitrogens with one attached hydrogen (secondary N) is 1. The standard InChI is InChI=1S/C18H25N3O2S/c1-13(2)21-10-14(3)17(11-21)20-24(22,23)12-16-7-4-6-15-8-5-9-19-18(15)16/h4-9,13-14,17,20H,10-12H2,1-3H3. The lowest BCUT2D eigenvalue weighted by Gasteiger charge is -2.20. The van der Waals surface area contributed by atoms with Gasteiger partial charge in [-0.15, -0.1) is 0 Å². The highest BCUT2D eigenvalue weighted by molar-refractivity contribution is 7.88. The van der Waals surface area contributed by atoms with Gasteiger partial charge in [0.2, 0.25) is 10.0 Å². The monoisotopic (exact) mass is 347 g/mol. The second-order valence-corrected chi connectivity index (χ2v) is 8.75. The van der Waals surface area contributed by atoms with Gasteiger partial charge in [0.15, 0.2) is 0 Å². The zero-order valence-electron chi connectivity index (χ0n) is 14.4. The van der Waals surface area contributed by atoms with Crippen LogP contribution >= 0.6 is 0 Å². The van der Waals surface area contributed by atoms with Gasteiger partial charge in [-0.2, -0.15) is 0 Å². The fourth-order valence-electron chi connectivity index (χ4n) is 3.34. The molecule has 1 aliphatic rings. The molecule has 0 amide bonds. The van der Waals surface area contributed by atoms with Gasteiger partial charge < -0.3 is 0 Å². The average Bonchev–Trinajstić information content (AvgIpc) is 2.88. The van der Waals surface area contributed by atoms with Crippen molar-refractivity contribution in [3.8, 4) is 0 Å². The summed E-state index contributed by atoms with van der Waals surface area (Å²) in [6.07, 6.45) is 1.70. The summed E-state index contributed by atoms with van der Waals surface area (Å²) < 4.78 is 28.2. The molecule has 1 aliphatic heterocycles. The third kappa shape index (κ3) is 3.77. The molecule has 0 aliphatic carbocycles. The van der Waals surface area contributed by atoms with Gasteiger partial charge in [0.05, 0.1) is 11.3 Å². The smallest absolute Gasteiger partial charge is 0.216 e. The lowest BCUT2D eigenvalue weighted by Crippen LogP contribution is -2.41. The SMILES string of the molecule is CC1CN(C(C)C)CC1NS(=O)(=O)Cc1cccc2cccnc12. The van der Waals surface area contributed by atoms with E-state index in [1.54, 1.807) is 6.20 Å². The normalized spacial score (nSPS) is 22.5. The molecule has 1 aromatic carbocycles. The molecule has 2 atom stereocenters. The van der Waals surface area contributed by atoms with Crippen molar-refractivity contribution < 1.29 is 8.42 Å². The van der Waals surface area contributed by atoms with Crippen molar-refractivity contribution in [1.29, 1.82) is 0 Å². The predicted molar refractivity (Wildman–Crippen MR) is 97.2 cm³/mol. The van der Waals surface area contributed by atoms with Crippen LogP contribution in [0.2, 0.25) is 0 Å². The minimum Gasteiger partial charge on any atom is -0.299 e. The lowest BCUT2D eigenvalue weighted by atomic mass is 10.1. The first-order valence-corrected chi connectivity index (χ1v) is 10.1. The Balaban J connectivity index is 1.77. The molecule has 0 bridgehead atoms. The molecule has 1 aromatic heterocycles. The number of rotatable bonds is 5. The molecular formula is C18H25N3O2S. The number of fused-ring (bicyclic) bond motifs is 1. The molecule has 5 nitrogen and oxygen atoms in total. The van der Waals surface area contributed by atoms with Crippen molar-refractivity contribution in [3.63, 3.8) is 0 Å². The van der Waals surface area contributed by atoms with Gasteiger partial charge in [0, 0.05) is 36.8 Å². The van der Waals surface area contributed by atoms with Crippen molar-refractivity contribution in [2.75, 3.05) is 13.1 Å². The van der Waals surface area contributed by atoms with Crippen LogP contribution in [0.3, 0.4) is 0 Å². The summed E-state index contributed by atoms with van der Waals surface area (Å²) in [4.78, 5) is 6.66. The summed E-state index contributed by atoms with van der Waals surface area (Å²) >= 11 is 0. The number of para-hydroxylation sites is 1. The van der Waals surface area contributed by atoms with E-state index >= 15 is 0 Å². The van der Waals surface area contributed by atoms with E-state index in [4.69, 9.17) is 0 Å². The van der Waals surface area contributed by atoms with Gasteiger partial charge in [-0.1, -0.05) is 31.2 Å². The van der Waals surface area contributed by atoms with Crippen molar-refractivity contribution in [2.24, 2.45) is 5.92 Å². The second-order valence-electron chi connectivity index (χ2n) is 7.00. The van der Waals surface area contributed by atoms with Crippen LogP contribution in [0.5, 0.6) is 0 Å². The van der Waals surface area contributed by atoms with E-state index in [2.05, 4.69) is 35.4 Å². The summed E-state index contributed by atoms with van der Waals surface area (Å²) in [7, 11) is -3.41. The zero-order valence-corrected chi connectivity index (χ0v) is 15.3. The molecular weight excluding hydrogens is 322 g/mol. The van der Waals surface area contributed by atoms with Crippen LogP contribution in [0, 0.1) is 5.92 Å². The van der Waals surface area contributed by atoms with Gasteiger partial charge in [-0.25, -0.2) is 13.1 Å². The zero-order chi connectivity index (χ0) is 17.3. The van der Waals surface area contributed by atoms with Crippen LogP contribution < -0.4 is 4.72 Å². The third-order valence-corrected chi connectivity index (χ3v) is 6.12. The van der Waals surface area contributed by atoms with E-state index in [0.717, 1.165) is 29.6 Å². The molecule has 2 heterocycles. The van der Waals surface area contributed by atoms with Crippen LogP contribution in [0.4, 0.5) is 0 Å². The molecule has 24 heavy (non-hydrogen) atoms. The molecule has 0 spiro atoms. The van der Waals surface area contributed by atoms with E-state index in [-0.39, 0.29) is 11.8 Å². The number of pyridine rings is 1. The van der Waals surface area contributed by atoms with Crippen LogP contribution in [-0.2, 0) is 15.8 Å². The van der Waals surface area contributed by atoms with E-state index in [0.29, 0.717) is 12.0 Å². The van der Waals surface area contributed by atoms with E-state index in [1.165, 1.54) is 0 Å². The van der Waals surface area contributed by atoms with Crippen LogP contribution in [0.1, 0.15) is 26.3 Å². The quantitative estimate of drug-likeness (QED) is 0.902. The molecule has 2 aromatic rings. The lowest BCUT2D eigenvalue weighted by molar-refractivity contribution is 0.265. The number of nitrogens with zero attached hydrogens (tertiary/aromatic N) is 2. The minimum absolute atomic E-state index is 0.0275. The second kappa shape index (κ2) is 6.78. The maximum Gasteiger partial charge on any atom is 0.216 e. The Hall–Kier alpha value is -1.50. The van der Waals surface area contributed by atoms with E-state index in [1.807, 2.05) is 30.3 Å². The maximum absolute atomic E-state index is 12.7. The fraction of sp³-hybridized carbons (Fsp3) is 0.500. The first-order valence-electron chi connectivity index (χ1n) is 8.42. The molecule has 1 saturated heterocycles. The van der Waals surface area contributed by atoms with Crippen molar-refractivity contribution in [2.45, 2.75) is 38.6 Å². The Morgan fingerprint density at radius 3 is 2.71 bits per heavy atom. The first-order chi connectivity index (χ1) is 11.4. The maximum atomic E-state index is 12.7. The highest BCUT2D eigenvalue weighted by Crippen LogP contribution is 2.21. The molecule has 0 radical (unpaired) electrons. The molecule has 0 saturated carbocycles. The molecule has 2 unspecified atom stereocenters. The molecule has 6 heteroatoms. The van der Waals surface area contributed by atoms with Gasteiger partial charge in [0.1, 0.15) is 0 Å². The van der Waals surface area contributed by atoms with Gasteiger partial charge in [0.25, 0.3) is 0 Å². The Labute approximate surface area is 144 Å². The van der Waals surface area contributed by atoms with E-state index in [9.17, 15) is 8.42 Å². The van der Waals surface area contributed by atoms with Gasteiger partial charge >= 0.3 is 0 Å². The molecule has 3 rings (SSSR count). The number of hydrogen-bond acceptors (Lipinski definition) is 4. The number of hydrogen-bond donors (Lipinski definition) is 1. The fourth-order valence-corrected chi connectivity index (χ4v) is 4.83. The minimum atomic E-state index is -3.41. The van der Waals surface area contributed by atoms with Crippen LogP contribution in [0.25, 0.3) is 10.9 Å². The Bertz CT molecular complexity index is 815. The van der Waals surface area contributed by atoms with Crippen molar-refractivity contribution >= 4 is 20.9 Å². The van der Waals surface area contributed by atoms with Crippen LogP contribution in [0.15, 0.2) is 36.5 Å². The van der Waals surface area contributed by atoms with Crippen molar-refractivity contribution in [3.05, 3.63) is 42.1 Å². The average molecular weight is 347 g/mol. The molecule has 1 fully saturated rings. The highest BCUT2D eigenvalue weighted by Gasteiger charge is 2.33. The highest BCUT2D eigenvalue weighted by atomic mass is 32.2. The van der Waals surface area contributed by atoms with Gasteiger partial charge in [-0.3, -0.25) is 9.88 Å². The first kappa shape index (κ1) is 17.3. The number of benzene rings is 1. The number of likely N-dealkylation sites (tertiary alicyclic amines) is 1. The number of sulfonamides is 1. The molecule has 1 N–H and O–H groups in total. The summed E-state index contributed by atoms with van der Waals surface area (Å²) in [5, 5.41) is 0.963. The molecule has 130 valence electrons. The third-order valence-electron chi connectivity index (χ3n) is 4.76. The van der Waals surface area contributed by atoms with Crippen molar-refractivity contribution in [1.82, 2.24) is 14.6 Å².